The van der Waals surface area contributed by atoms with Gasteiger partial charge in [-0.05, 0) is 50.2 Å². The summed E-state index contributed by atoms with van der Waals surface area (Å²) in [6.45, 7) is 4.71. The molecular weight excluding hydrogens is 334 g/mol. The zero-order chi connectivity index (χ0) is 18.1. The summed E-state index contributed by atoms with van der Waals surface area (Å²) in [5.41, 5.74) is 5.44. The number of likely N-dealkylation sites (N-methyl/N-ethyl adjacent to an activating group) is 1. The zero-order valence-corrected chi connectivity index (χ0v) is 16.2. The van der Waals surface area contributed by atoms with Crippen molar-refractivity contribution in [3.8, 4) is 0 Å². The molecule has 0 aliphatic carbocycles. The maximum Gasteiger partial charge on any atom is 0.221 e. The summed E-state index contributed by atoms with van der Waals surface area (Å²) in [5, 5.41) is 5.55. The largest absolute Gasteiger partial charge is 0.369 e. The summed E-state index contributed by atoms with van der Waals surface area (Å²) in [6.07, 6.45) is 4.07. The van der Waals surface area contributed by atoms with Crippen molar-refractivity contribution in [1.82, 2.24) is 15.1 Å². The molecule has 25 heavy (non-hydrogen) atoms. The number of rotatable bonds is 8. The Bertz CT molecular complexity index is 546. The van der Waals surface area contributed by atoms with Crippen molar-refractivity contribution >= 4 is 23.2 Å². The third kappa shape index (κ3) is 6.66. The van der Waals surface area contributed by atoms with Crippen LogP contribution in [0, 0.1) is 5.92 Å². The molecule has 1 atom stereocenters. The Labute approximate surface area is 155 Å². The first-order chi connectivity index (χ1) is 12.1. The Morgan fingerprint density at radius 1 is 1.56 bits per heavy atom. The predicted octanol–water partition coefficient (Wildman–Crippen LogP) is 1.39. The second-order valence-electron chi connectivity index (χ2n) is 6.62. The molecular formula is C18H31N5OS. The average molecular weight is 366 g/mol. The SMILES string of the molecule is CN=C(NCCCN1CCCC(C(N)=O)C1)N(C)CCc1cccs1. The first-order valence-corrected chi connectivity index (χ1v) is 9.94. The van der Waals surface area contributed by atoms with E-state index in [0.29, 0.717) is 0 Å². The van der Waals surface area contributed by atoms with Crippen molar-refractivity contribution in [3.05, 3.63) is 22.4 Å². The van der Waals surface area contributed by atoms with Gasteiger partial charge in [0.2, 0.25) is 5.91 Å². The third-order valence-electron chi connectivity index (χ3n) is 4.69. The highest BCUT2D eigenvalue weighted by molar-refractivity contribution is 7.09. The van der Waals surface area contributed by atoms with E-state index < -0.39 is 0 Å². The van der Waals surface area contributed by atoms with Crippen molar-refractivity contribution in [2.75, 3.05) is 46.8 Å². The van der Waals surface area contributed by atoms with Crippen LogP contribution in [-0.2, 0) is 11.2 Å². The van der Waals surface area contributed by atoms with E-state index in [1.807, 2.05) is 7.05 Å². The topological polar surface area (TPSA) is 74.0 Å². The summed E-state index contributed by atoms with van der Waals surface area (Å²) in [7, 11) is 3.90. The summed E-state index contributed by atoms with van der Waals surface area (Å²) < 4.78 is 0. The van der Waals surface area contributed by atoms with Crippen molar-refractivity contribution in [2.24, 2.45) is 16.6 Å². The summed E-state index contributed by atoms with van der Waals surface area (Å²) in [5.74, 6) is 0.804. The standard InChI is InChI=1S/C18H31N5OS/c1-20-18(22(2)12-8-16-7-4-13-25-16)21-9-5-11-23-10-3-6-15(14-23)17(19)24/h4,7,13,15H,3,5-6,8-12,14H2,1-2H3,(H2,19,24)(H,20,21). The van der Waals surface area contributed by atoms with Gasteiger partial charge < -0.3 is 20.9 Å². The first kappa shape index (κ1) is 19.7. The second-order valence-corrected chi connectivity index (χ2v) is 7.65. The van der Waals surface area contributed by atoms with Gasteiger partial charge in [-0.15, -0.1) is 11.3 Å². The van der Waals surface area contributed by atoms with Gasteiger partial charge in [-0.1, -0.05) is 6.07 Å². The number of guanidine groups is 1. The monoisotopic (exact) mass is 365 g/mol. The normalized spacial score (nSPS) is 19.0. The number of amides is 1. The summed E-state index contributed by atoms with van der Waals surface area (Å²) >= 11 is 1.80. The molecule has 0 saturated carbocycles. The Morgan fingerprint density at radius 3 is 3.08 bits per heavy atom. The van der Waals surface area contributed by atoms with E-state index in [1.165, 1.54) is 4.88 Å². The van der Waals surface area contributed by atoms with E-state index in [4.69, 9.17) is 5.73 Å². The highest BCUT2D eigenvalue weighted by atomic mass is 32.1. The van der Waals surface area contributed by atoms with E-state index in [9.17, 15) is 4.79 Å². The van der Waals surface area contributed by atoms with Gasteiger partial charge in [0.1, 0.15) is 0 Å². The molecule has 140 valence electrons. The van der Waals surface area contributed by atoms with Gasteiger partial charge in [0.25, 0.3) is 0 Å². The number of piperidine rings is 1. The molecule has 7 heteroatoms. The van der Waals surface area contributed by atoms with E-state index in [2.05, 4.69) is 44.7 Å². The van der Waals surface area contributed by atoms with Crippen LogP contribution in [0.15, 0.2) is 22.5 Å². The van der Waals surface area contributed by atoms with Crippen LogP contribution in [0.25, 0.3) is 0 Å². The number of aliphatic imine (C=N–C) groups is 1. The number of carbonyl (C=O) groups is 1. The molecule has 1 fully saturated rings. The average Bonchev–Trinajstić information content (AvgIpc) is 3.13. The molecule has 1 saturated heterocycles. The lowest BCUT2D eigenvalue weighted by Crippen LogP contribution is -2.43. The molecule has 3 N–H and O–H groups in total. The van der Waals surface area contributed by atoms with Gasteiger partial charge in [-0.25, -0.2) is 0 Å². The van der Waals surface area contributed by atoms with Crippen LogP contribution < -0.4 is 11.1 Å². The van der Waals surface area contributed by atoms with Gasteiger partial charge >= 0.3 is 0 Å². The molecule has 1 aliphatic heterocycles. The number of nitrogens with two attached hydrogens (primary N) is 1. The van der Waals surface area contributed by atoms with Crippen LogP contribution in [0.5, 0.6) is 0 Å². The van der Waals surface area contributed by atoms with Gasteiger partial charge in [-0.2, -0.15) is 0 Å². The van der Waals surface area contributed by atoms with Crippen molar-refractivity contribution in [3.63, 3.8) is 0 Å². The molecule has 1 aliphatic rings. The van der Waals surface area contributed by atoms with Crippen LogP contribution >= 0.6 is 11.3 Å². The predicted molar refractivity (Wildman–Crippen MR) is 105 cm³/mol. The van der Waals surface area contributed by atoms with Gasteiger partial charge in [0.05, 0.1) is 5.92 Å². The molecule has 1 amide bonds. The number of hydrogen-bond donors (Lipinski definition) is 2. The third-order valence-corrected chi connectivity index (χ3v) is 5.63. The minimum Gasteiger partial charge on any atom is -0.369 e. The van der Waals surface area contributed by atoms with Crippen LogP contribution in [0.4, 0.5) is 0 Å². The van der Waals surface area contributed by atoms with Crippen LogP contribution in [-0.4, -0.2) is 68.5 Å². The first-order valence-electron chi connectivity index (χ1n) is 9.06. The Morgan fingerprint density at radius 2 is 2.40 bits per heavy atom. The van der Waals surface area contributed by atoms with Gasteiger partial charge in [-0.3, -0.25) is 9.79 Å². The Hall–Kier alpha value is -1.60. The lowest BCUT2D eigenvalue weighted by Gasteiger charge is -2.31. The Kier molecular flexibility index (Phi) is 8.21. The molecule has 0 radical (unpaired) electrons. The molecule has 0 bridgehead atoms. The number of carbonyl (C=O) groups excluding carboxylic acids is 1. The fourth-order valence-corrected chi connectivity index (χ4v) is 3.92. The number of nitrogens with zero attached hydrogens (tertiary/aromatic N) is 3. The highest BCUT2D eigenvalue weighted by Crippen LogP contribution is 2.15. The van der Waals surface area contributed by atoms with Crippen molar-refractivity contribution in [2.45, 2.75) is 25.7 Å². The van der Waals surface area contributed by atoms with Gasteiger partial charge in [0, 0.05) is 38.6 Å². The molecule has 2 rings (SSSR count). The number of primary amides is 1. The molecule has 6 nitrogen and oxygen atoms in total. The van der Waals surface area contributed by atoms with E-state index in [1.54, 1.807) is 11.3 Å². The lowest BCUT2D eigenvalue weighted by atomic mass is 9.97. The fraction of sp³-hybridized carbons (Fsp3) is 0.667. The minimum atomic E-state index is -0.157. The van der Waals surface area contributed by atoms with Crippen LogP contribution in [0.1, 0.15) is 24.1 Å². The van der Waals surface area contributed by atoms with Crippen molar-refractivity contribution < 1.29 is 4.79 Å². The quantitative estimate of drug-likeness (QED) is 0.415. The maximum absolute atomic E-state index is 11.3. The van der Waals surface area contributed by atoms with E-state index in [0.717, 1.165) is 64.4 Å². The highest BCUT2D eigenvalue weighted by Gasteiger charge is 2.23. The summed E-state index contributed by atoms with van der Waals surface area (Å²) in [6, 6.07) is 4.27. The Balaban J connectivity index is 1.64. The van der Waals surface area contributed by atoms with Gasteiger partial charge in [0.15, 0.2) is 5.96 Å². The fourth-order valence-electron chi connectivity index (χ4n) is 3.22. The number of nitrogens with one attached hydrogen (secondary N) is 1. The molecule has 1 unspecified atom stereocenters. The smallest absolute Gasteiger partial charge is 0.221 e. The molecule has 0 aromatic carbocycles. The second kappa shape index (κ2) is 10.4. The molecule has 2 heterocycles. The number of likely N-dealkylation sites (tertiary alicyclic amines) is 1. The van der Waals surface area contributed by atoms with Crippen LogP contribution in [0.3, 0.4) is 0 Å². The zero-order valence-electron chi connectivity index (χ0n) is 15.4. The number of thiophene rings is 1. The maximum atomic E-state index is 11.3. The minimum absolute atomic E-state index is 0.0258. The van der Waals surface area contributed by atoms with Crippen molar-refractivity contribution in [1.29, 1.82) is 0 Å². The lowest BCUT2D eigenvalue weighted by molar-refractivity contribution is -0.123. The molecule has 0 spiro atoms. The van der Waals surface area contributed by atoms with E-state index in [-0.39, 0.29) is 11.8 Å². The molecule has 1 aromatic rings. The molecule has 1 aromatic heterocycles. The van der Waals surface area contributed by atoms with E-state index >= 15 is 0 Å². The van der Waals surface area contributed by atoms with Crippen LogP contribution in [0.2, 0.25) is 0 Å². The summed E-state index contributed by atoms with van der Waals surface area (Å²) in [4.78, 5) is 21.6. The number of hydrogen-bond acceptors (Lipinski definition) is 4.